The van der Waals surface area contributed by atoms with Gasteiger partial charge in [-0.2, -0.15) is 0 Å². The molecule has 6 heteroatoms. The summed E-state index contributed by atoms with van der Waals surface area (Å²) < 4.78 is 16.9. The van der Waals surface area contributed by atoms with Crippen LogP contribution in [-0.2, 0) is 28.6 Å². The van der Waals surface area contributed by atoms with Crippen molar-refractivity contribution in [3.63, 3.8) is 0 Å². The summed E-state index contributed by atoms with van der Waals surface area (Å²) in [4.78, 5) is 38.1. The Morgan fingerprint density at radius 2 is 0.582 bits per heavy atom. The number of carbonyl (C=O) groups is 3. The van der Waals surface area contributed by atoms with Crippen molar-refractivity contribution in [1.29, 1.82) is 0 Å². The molecule has 0 amide bonds. The van der Waals surface area contributed by atoms with Crippen LogP contribution in [0.1, 0.15) is 316 Å². The van der Waals surface area contributed by atoms with E-state index in [1.54, 1.807) is 0 Å². The van der Waals surface area contributed by atoms with Crippen LogP contribution in [0.2, 0.25) is 0 Å². The van der Waals surface area contributed by atoms with E-state index in [1.165, 1.54) is 193 Å². The molecule has 0 N–H and O–H groups in total. The smallest absolute Gasteiger partial charge is 0.306 e. The molecule has 0 radical (unpaired) electrons. The summed E-state index contributed by atoms with van der Waals surface area (Å²) in [6, 6.07) is 0. The van der Waals surface area contributed by atoms with Crippen molar-refractivity contribution in [3.8, 4) is 0 Å². The van der Waals surface area contributed by atoms with Gasteiger partial charge in [-0.1, -0.05) is 282 Å². The van der Waals surface area contributed by atoms with E-state index in [0.717, 1.165) is 83.5 Å². The average molecular weight is 942 g/mol. The molecule has 0 rings (SSSR count). The zero-order chi connectivity index (χ0) is 48.6. The van der Waals surface area contributed by atoms with Crippen LogP contribution in [0.3, 0.4) is 0 Å². The minimum atomic E-state index is -0.773. The summed E-state index contributed by atoms with van der Waals surface area (Å²) >= 11 is 0. The highest BCUT2D eigenvalue weighted by atomic mass is 16.6. The summed E-state index contributed by atoms with van der Waals surface area (Å²) in [5.41, 5.74) is 0. The van der Waals surface area contributed by atoms with Crippen LogP contribution in [0.15, 0.2) is 36.5 Å². The second kappa shape index (κ2) is 56.2. The number of allylic oxidation sites excluding steroid dienone is 6. The zero-order valence-electron chi connectivity index (χ0n) is 44.9. The van der Waals surface area contributed by atoms with Crippen molar-refractivity contribution in [2.24, 2.45) is 0 Å². The molecular formula is C61H112O6. The summed E-state index contributed by atoms with van der Waals surface area (Å²) in [6.07, 6.45) is 67.2. The second-order valence-corrected chi connectivity index (χ2v) is 19.9. The summed E-state index contributed by atoms with van der Waals surface area (Å²) in [7, 11) is 0. The van der Waals surface area contributed by atoms with Crippen LogP contribution in [0.5, 0.6) is 0 Å². The molecule has 0 fully saturated rings. The van der Waals surface area contributed by atoms with Crippen molar-refractivity contribution >= 4 is 17.9 Å². The predicted octanol–water partition coefficient (Wildman–Crippen LogP) is 19.7. The first-order valence-corrected chi connectivity index (χ1v) is 29.5. The van der Waals surface area contributed by atoms with E-state index in [1.807, 2.05) is 0 Å². The molecule has 0 aliphatic carbocycles. The number of hydrogen-bond donors (Lipinski definition) is 0. The Hall–Kier alpha value is -2.37. The number of esters is 3. The monoisotopic (exact) mass is 941 g/mol. The van der Waals surface area contributed by atoms with Gasteiger partial charge in [-0.25, -0.2) is 0 Å². The van der Waals surface area contributed by atoms with Gasteiger partial charge < -0.3 is 14.2 Å². The van der Waals surface area contributed by atoms with Gasteiger partial charge in [0, 0.05) is 19.3 Å². The van der Waals surface area contributed by atoms with Crippen molar-refractivity contribution in [2.75, 3.05) is 13.2 Å². The number of rotatable bonds is 54. The first kappa shape index (κ1) is 64.6. The van der Waals surface area contributed by atoms with Crippen LogP contribution >= 0.6 is 0 Å². The molecule has 0 saturated heterocycles. The van der Waals surface area contributed by atoms with Gasteiger partial charge in [0.05, 0.1) is 0 Å². The first-order chi connectivity index (χ1) is 33.0. The van der Waals surface area contributed by atoms with Crippen molar-refractivity contribution < 1.29 is 28.6 Å². The molecule has 0 spiro atoms. The highest BCUT2D eigenvalue weighted by Crippen LogP contribution is 2.17. The molecule has 0 aromatic rings. The van der Waals surface area contributed by atoms with Crippen molar-refractivity contribution in [1.82, 2.24) is 0 Å². The van der Waals surface area contributed by atoms with Gasteiger partial charge in [0.2, 0.25) is 0 Å². The largest absolute Gasteiger partial charge is 0.462 e. The van der Waals surface area contributed by atoms with E-state index >= 15 is 0 Å². The second-order valence-electron chi connectivity index (χ2n) is 19.9. The van der Waals surface area contributed by atoms with Crippen LogP contribution in [-0.4, -0.2) is 37.2 Å². The van der Waals surface area contributed by atoms with Gasteiger partial charge in [0.1, 0.15) is 13.2 Å². The Balaban J connectivity index is 4.23. The normalized spacial score (nSPS) is 12.2. The highest BCUT2D eigenvalue weighted by Gasteiger charge is 2.19. The maximum Gasteiger partial charge on any atom is 0.306 e. The third-order valence-corrected chi connectivity index (χ3v) is 13.2. The minimum absolute atomic E-state index is 0.0715. The summed E-state index contributed by atoms with van der Waals surface area (Å²) in [6.45, 7) is 6.56. The lowest BCUT2D eigenvalue weighted by Crippen LogP contribution is -2.30. The molecule has 0 heterocycles. The molecule has 0 aromatic carbocycles. The average Bonchev–Trinajstić information content (AvgIpc) is 3.33. The number of unbranched alkanes of at least 4 members (excludes halogenated alkanes) is 37. The molecule has 0 aliphatic heterocycles. The minimum Gasteiger partial charge on any atom is -0.462 e. The lowest BCUT2D eigenvalue weighted by atomic mass is 10.0. The standard InChI is InChI=1S/C61H112O6/c1-4-7-10-13-16-19-22-24-26-28-29-30-31-32-34-35-37-39-42-45-48-51-54-60(63)66-57-58(56-65-59(62)53-50-47-44-41-21-18-15-12-9-6-3)67-61(64)55-52-49-46-43-40-38-36-33-27-25-23-20-17-14-11-8-5-2/h8,11,17,20,25,27,58H,4-7,9-10,12-16,18-19,21-24,26,28-57H2,1-3H3/b11-8-,20-17-,27-25-. The lowest BCUT2D eigenvalue weighted by molar-refractivity contribution is -0.167. The first-order valence-electron chi connectivity index (χ1n) is 29.5. The molecule has 1 atom stereocenters. The SMILES string of the molecule is CC/C=C\C/C=C\C/C=C\CCCCCCCCCC(=O)OC(COC(=O)CCCCCCCCCCCC)COC(=O)CCCCCCCCCCCCCCCCCCCCCCCC. The molecule has 0 bridgehead atoms. The maximum atomic E-state index is 12.8. The third kappa shape index (κ3) is 54.4. The van der Waals surface area contributed by atoms with Gasteiger partial charge >= 0.3 is 17.9 Å². The highest BCUT2D eigenvalue weighted by molar-refractivity contribution is 5.71. The Morgan fingerprint density at radius 1 is 0.313 bits per heavy atom. The van der Waals surface area contributed by atoms with Gasteiger partial charge in [-0.15, -0.1) is 0 Å². The van der Waals surface area contributed by atoms with E-state index < -0.39 is 6.10 Å². The van der Waals surface area contributed by atoms with Gasteiger partial charge in [0.15, 0.2) is 6.10 Å². The van der Waals surface area contributed by atoms with E-state index in [2.05, 4.69) is 57.2 Å². The summed E-state index contributed by atoms with van der Waals surface area (Å²) in [5.74, 6) is -0.864. The fourth-order valence-corrected chi connectivity index (χ4v) is 8.75. The topological polar surface area (TPSA) is 78.9 Å². The van der Waals surface area contributed by atoms with E-state index in [4.69, 9.17) is 14.2 Å². The molecule has 0 aliphatic rings. The molecular weight excluding hydrogens is 829 g/mol. The Morgan fingerprint density at radius 3 is 0.910 bits per heavy atom. The fraction of sp³-hybridized carbons (Fsp3) is 0.852. The third-order valence-electron chi connectivity index (χ3n) is 13.2. The lowest BCUT2D eigenvalue weighted by Gasteiger charge is -2.18. The zero-order valence-corrected chi connectivity index (χ0v) is 44.9. The maximum absolute atomic E-state index is 12.8. The molecule has 6 nitrogen and oxygen atoms in total. The quantitative estimate of drug-likeness (QED) is 0.0262. The van der Waals surface area contributed by atoms with E-state index in [9.17, 15) is 14.4 Å². The van der Waals surface area contributed by atoms with Crippen molar-refractivity contribution in [2.45, 2.75) is 322 Å². The summed E-state index contributed by atoms with van der Waals surface area (Å²) in [5, 5.41) is 0. The van der Waals surface area contributed by atoms with E-state index in [-0.39, 0.29) is 31.1 Å². The van der Waals surface area contributed by atoms with Gasteiger partial charge in [0.25, 0.3) is 0 Å². The Kier molecular flexibility index (Phi) is 54.2. The van der Waals surface area contributed by atoms with Crippen LogP contribution in [0.4, 0.5) is 0 Å². The fourth-order valence-electron chi connectivity index (χ4n) is 8.75. The van der Waals surface area contributed by atoms with Crippen LogP contribution in [0.25, 0.3) is 0 Å². The van der Waals surface area contributed by atoms with Crippen LogP contribution in [0, 0.1) is 0 Å². The van der Waals surface area contributed by atoms with Crippen molar-refractivity contribution in [3.05, 3.63) is 36.5 Å². The Bertz CT molecular complexity index is 1130. The number of carbonyl (C=O) groups excluding carboxylic acids is 3. The predicted molar refractivity (Wildman–Crippen MR) is 289 cm³/mol. The molecule has 0 saturated carbocycles. The van der Waals surface area contributed by atoms with E-state index in [0.29, 0.717) is 19.3 Å². The molecule has 0 aromatic heterocycles. The van der Waals surface area contributed by atoms with Gasteiger partial charge in [-0.3, -0.25) is 14.4 Å². The molecule has 1 unspecified atom stereocenters. The van der Waals surface area contributed by atoms with Crippen LogP contribution < -0.4 is 0 Å². The van der Waals surface area contributed by atoms with Gasteiger partial charge in [-0.05, 0) is 51.4 Å². The molecule has 67 heavy (non-hydrogen) atoms. The molecule has 392 valence electrons. The number of ether oxygens (including phenoxy) is 3. The number of hydrogen-bond acceptors (Lipinski definition) is 6. The Labute approximate surface area is 416 Å².